The molecule has 196 valence electrons. The molecular weight excluding hydrogens is 466 g/mol. The van der Waals surface area contributed by atoms with E-state index in [1.54, 1.807) is 4.90 Å². The van der Waals surface area contributed by atoms with Crippen LogP contribution in [0.4, 0.5) is 10.5 Å². The summed E-state index contributed by atoms with van der Waals surface area (Å²) in [5.41, 5.74) is 2.69. The molecule has 1 fully saturated rings. The summed E-state index contributed by atoms with van der Waals surface area (Å²) in [7, 11) is 0. The number of ether oxygens (including phenoxy) is 1. The summed E-state index contributed by atoms with van der Waals surface area (Å²) in [6.45, 7) is 11.4. The highest BCUT2D eigenvalue weighted by atomic mass is 16.6. The molecule has 1 N–H and O–H groups in total. The summed E-state index contributed by atoms with van der Waals surface area (Å²) >= 11 is 0. The Morgan fingerprint density at radius 3 is 2.38 bits per heavy atom. The van der Waals surface area contributed by atoms with Crippen molar-refractivity contribution in [1.29, 1.82) is 0 Å². The Balaban J connectivity index is 1.52. The molecule has 7 heteroatoms. The fourth-order valence-electron chi connectivity index (χ4n) is 5.39. The lowest BCUT2D eigenvalue weighted by molar-refractivity contribution is -0.114. The Hall–Kier alpha value is -3.61. The molecule has 2 heterocycles. The van der Waals surface area contributed by atoms with Crippen molar-refractivity contribution in [2.24, 2.45) is 0 Å². The minimum absolute atomic E-state index is 0.00786. The van der Waals surface area contributed by atoms with Crippen LogP contribution in [0, 0.1) is 0 Å². The van der Waals surface area contributed by atoms with E-state index in [0.29, 0.717) is 44.6 Å². The van der Waals surface area contributed by atoms with Gasteiger partial charge in [-0.25, -0.2) is 4.79 Å². The van der Waals surface area contributed by atoms with Crippen molar-refractivity contribution < 1.29 is 19.1 Å². The molecule has 0 bridgehead atoms. The number of nitrogens with one attached hydrogen (secondary N) is 1. The number of hydrogen-bond acceptors (Lipinski definition) is 4. The molecule has 0 aromatic heterocycles. The maximum absolute atomic E-state index is 13.7. The number of carbonyl (C=O) groups excluding carboxylic acids is 3. The van der Waals surface area contributed by atoms with Crippen LogP contribution in [0.1, 0.15) is 61.5 Å². The predicted octanol–water partition coefficient (Wildman–Crippen LogP) is 4.85. The predicted molar refractivity (Wildman–Crippen MR) is 145 cm³/mol. The van der Waals surface area contributed by atoms with E-state index in [-0.39, 0.29) is 17.2 Å². The van der Waals surface area contributed by atoms with Crippen LogP contribution in [0.2, 0.25) is 0 Å². The fraction of sp³-hybridized carbons (Fsp3) is 0.433. The first-order valence-corrected chi connectivity index (χ1v) is 13.0. The van der Waals surface area contributed by atoms with Gasteiger partial charge in [0.15, 0.2) is 0 Å². The summed E-state index contributed by atoms with van der Waals surface area (Å²) in [4.78, 5) is 42.1. The second-order valence-electron chi connectivity index (χ2n) is 10.9. The van der Waals surface area contributed by atoms with Crippen molar-refractivity contribution in [3.63, 3.8) is 0 Å². The van der Waals surface area contributed by atoms with E-state index >= 15 is 0 Å². The second kappa shape index (κ2) is 10.8. The molecule has 0 atom stereocenters. The van der Waals surface area contributed by atoms with Gasteiger partial charge in [-0.3, -0.25) is 9.59 Å². The topological polar surface area (TPSA) is 79.0 Å². The molecule has 4 rings (SSSR count). The molecule has 2 aromatic carbocycles. The van der Waals surface area contributed by atoms with Gasteiger partial charge in [-0.15, -0.1) is 0 Å². The van der Waals surface area contributed by atoms with E-state index in [1.807, 2.05) is 62.1 Å². The van der Waals surface area contributed by atoms with Gasteiger partial charge in [0.2, 0.25) is 5.91 Å². The molecule has 37 heavy (non-hydrogen) atoms. The molecule has 0 radical (unpaired) electrons. The average Bonchev–Trinajstić information content (AvgIpc) is 2.90. The number of fused-ring (bicyclic) bond motifs is 1. The van der Waals surface area contributed by atoms with Crippen molar-refractivity contribution in [3.8, 4) is 0 Å². The Kier molecular flexibility index (Phi) is 7.71. The number of alkyl carbamates (subject to hydrolysis) is 1. The first kappa shape index (κ1) is 26.5. The van der Waals surface area contributed by atoms with Crippen molar-refractivity contribution in [1.82, 2.24) is 10.2 Å². The van der Waals surface area contributed by atoms with E-state index < -0.39 is 11.7 Å². The van der Waals surface area contributed by atoms with E-state index in [0.717, 1.165) is 29.7 Å². The van der Waals surface area contributed by atoms with Crippen molar-refractivity contribution in [2.75, 3.05) is 31.1 Å². The van der Waals surface area contributed by atoms with Crippen LogP contribution in [-0.2, 0) is 21.4 Å². The van der Waals surface area contributed by atoms with Crippen LogP contribution >= 0.6 is 0 Å². The van der Waals surface area contributed by atoms with Gasteiger partial charge >= 0.3 is 6.09 Å². The molecule has 2 aromatic rings. The monoisotopic (exact) mass is 503 g/mol. The summed E-state index contributed by atoms with van der Waals surface area (Å²) < 4.78 is 5.46. The van der Waals surface area contributed by atoms with Crippen LogP contribution < -0.4 is 10.2 Å². The molecule has 0 unspecified atom stereocenters. The van der Waals surface area contributed by atoms with Gasteiger partial charge < -0.3 is 19.9 Å². The summed E-state index contributed by atoms with van der Waals surface area (Å²) in [5.74, 6) is -0.153. The molecule has 2 aliphatic rings. The lowest BCUT2D eigenvalue weighted by Crippen LogP contribution is -2.51. The lowest BCUT2D eigenvalue weighted by Gasteiger charge is -2.43. The van der Waals surface area contributed by atoms with E-state index in [2.05, 4.69) is 24.0 Å². The number of hydrogen-bond donors (Lipinski definition) is 1. The normalized spacial score (nSPS) is 16.9. The number of nitrogens with zero attached hydrogens (tertiary/aromatic N) is 2. The van der Waals surface area contributed by atoms with E-state index in [1.165, 1.54) is 6.08 Å². The number of carbonyl (C=O) groups is 3. The number of piperidine rings is 1. The Bertz CT molecular complexity index is 1160. The lowest BCUT2D eigenvalue weighted by atomic mass is 9.72. The van der Waals surface area contributed by atoms with Crippen molar-refractivity contribution >= 4 is 23.6 Å². The van der Waals surface area contributed by atoms with Gasteiger partial charge in [0.05, 0.1) is 0 Å². The van der Waals surface area contributed by atoms with Crippen LogP contribution in [0.5, 0.6) is 0 Å². The first-order chi connectivity index (χ1) is 17.6. The van der Waals surface area contributed by atoms with Crippen LogP contribution in [-0.4, -0.2) is 54.6 Å². The summed E-state index contributed by atoms with van der Waals surface area (Å²) in [5, 5.41) is 2.98. The van der Waals surface area contributed by atoms with Gasteiger partial charge in [-0.1, -0.05) is 43.0 Å². The first-order valence-electron chi connectivity index (χ1n) is 13.0. The van der Waals surface area contributed by atoms with Crippen LogP contribution in [0.3, 0.4) is 0 Å². The molecule has 0 aliphatic carbocycles. The minimum atomic E-state index is -0.569. The smallest absolute Gasteiger partial charge is 0.407 e. The zero-order valence-electron chi connectivity index (χ0n) is 22.1. The SMILES string of the molecule is C=CC(=O)N1CCCc2c(C(=O)N3CCC(CNC(=O)OC(C)(C)C)(c4ccccc4)CC3)cccc21. The Morgan fingerprint density at radius 1 is 1.03 bits per heavy atom. The van der Waals surface area contributed by atoms with Gasteiger partial charge in [0.25, 0.3) is 5.91 Å². The molecule has 2 aliphatic heterocycles. The van der Waals surface area contributed by atoms with Crippen LogP contribution in [0.25, 0.3) is 0 Å². The van der Waals surface area contributed by atoms with Crippen molar-refractivity contribution in [3.05, 3.63) is 77.9 Å². The van der Waals surface area contributed by atoms with E-state index in [4.69, 9.17) is 4.74 Å². The maximum Gasteiger partial charge on any atom is 0.407 e. The standard InChI is InChI=1S/C30H37N3O4/c1-5-26(34)33-18-10-14-23-24(13-9-15-25(23)33)27(35)32-19-16-30(17-20-32,22-11-7-6-8-12-22)21-31-28(36)37-29(2,3)4/h5-9,11-13,15H,1,10,14,16-21H2,2-4H3,(H,31,36). The molecular formula is C30H37N3O4. The van der Waals surface area contributed by atoms with Gasteiger partial charge in [-0.05, 0) is 75.8 Å². The highest BCUT2D eigenvalue weighted by Crippen LogP contribution is 2.37. The third-order valence-electron chi connectivity index (χ3n) is 7.29. The summed E-state index contributed by atoms with van der Waals surface area (Å²) in [6.07, 6.45) is 3.90. The van der Waals surface area contributed by atoms with Crippen LogP contribution in [0.15, 0.2) is 61.2 Å². The zero-order chi connectivity index (χ0) is 26.6. The maximum atomic E-state index is 13.7. The highest BCUT2D eigenvalue weighted by Gasteiger charge is 2.39. The molecule has 7 nitrogen and oxygen atoms in total. The minimum Gasteiger partial charge on any atom is -0.444 e. The van der Waals surface area contributed by atoms with Crippen molar-refractivity contribution in [2.45, 2.75) is 57.5 Å². The quantitative estimate of drug-likeness (QED) is 0.592. The fourth-order valence-corrected chi connectivity index (χ4v) is 5.39. The van der Waals surface area contributed by atoms with E-state index in [9.17, 15) is 14.4 Å². The van der Waals surface area contributed by atoms with Gasteiger partial charge in [-0.2, -0.15) is 0 Å². The second-order valence-corrected chi connectivity index (χ2v) is 10.9. The third-order valence-corrected chi connectivity index (χ3v) is 7.29. The largest absolute Gasteiger partial charge is 0.444 e. The molecule has 3 amide bonds. The highest BCUT2D eigenvalue weighted by molar-refractivity contribution is 6.04. The zero-order valence-corrected chi connectivity index (χ0v) is 22.1. The van der Waals surface area contributed by atoms with Gasteiger partial charge in [0.1, 0.15) is 5.60 Å². The number of rotatable bonds is 5. The Labute approximate surface area is 219 Å². The van der Waals surface area contributed by atoms with Gasteiger partial charge in [0, 0.05) is 42.8 Å². The molecule has 0 spiro atoms. The molecule has 1 saturated heterocycles. The summed E-state index contributed by atoms with van der Waals surface area (Å²) in [6, 6.07) is 15.8. The number of anilines is 1. The number of benzene rings is 2. The number of amides is 3. The molecule has 0 saturated carbocycles. The Morgan fingerprint density at radius 2 is 1.73 bits per heavy atom. The number of likely N-dealkylation sites (tertiary alicyclic amines) is 1. The third kappa shape index (κ3) is 5.87. The average molecular weight is 504 g/mol.